The summed E-state index contributed by atoms with van der Waals surface area (Å²) in [6.45, 7) is 3.92. The Morgan fingerprint density at radius 3 is 2.47 bits per heavy atom. The molecule has 1 saturated heterocycles. The zero-order chi connectivity index (χ0) is 10.8. The van der Waals surface area contributed by atoms with E-state index in [1.54, 1.807) is 11.9 Å². The van der Waals surface area contributed by atoms with Gasteiger partial charge in [0, 0.05) is 12.6 Å². The first kappa shape index (κ1) is 8.92. The summed E-state index contributed by atoms with van der Waals surface area (Å²) in [6, 6.07) is 7.83. The summed E-state index contributed by atoms with van der Waals surface area (Å²) in [5.74, 6) is 0.0497. The maximum absolute atomic E-state index is 12.2. The minimum atomic E-state index is -0.710. The zero-order valence-corrected chi connectivity index (χ0v) is 9.07. The lowest BCUT2D eigenvalue weighted by atomic mass is 9.90. The van der Waals surface area contributed by atoms with E-state index in [0.29, 0.717) is 0 Å². The summed E-state index contributed by atoms with van der Waals surface area (Å²) in [7, 11) is 1.80. The highest BCUT2D eigenvalue weighted by Gasteiger charge is 2.74. The molecule has 1 fully saturated rings. The van der Waals surface area contributed by atoms with Crippen LogP contribution in [0.3, 0.4) is 0 Å². The maximum atomic E-state index is 12.2. The number of fused-ring (bicyclic) bond motifs is 2. The first-order valence-corrected chi connectivity index (χ1v) is 5.08. The van der Waals surface area contributed by atoms with Crippen molar-refractivity contribution in [3.63, 3.8) is 0 Å². The largest absolute Gasteiger partial charge is 0.347 e. The summed E-state index contributed by atoms with van der Waals surface area (Å²) in [6.07, 6.45) is 0. The van der Waals surface area contributed by atoms with Crippen LogP contribution < -0.4 is 4.90 Å². The maximum Gasteiger partial charge on any atom is 0.266 e. The fraction of sp³-hybridized carbons (Fsp3) is 0.417. The Bertz CT molecular complexity index is 466. The number of nitrogens with zero attached hydrogens (tertiary/aromatic N) is 1. The Labute approximate surface area is 88.6 Å². The van der Waals surface area contributed by atoms with Gasteiger partial charge in [-0.15, -0.1) is 0 Å². The number of epoxide rings is 1. The van der Waals surface area contributed by atoms with E-state index in [1.807, 2.05) is 38.1 Å². The van der Waals surface area contributed by atoms with E-state index < -0.39 is 5.60 Å². The summed E-state index contributed by atoms with van der Waals surface area (Å²) < 4.78 is 5.67. The number of amides is 1. The van der Waals surface area contributed by atoms with Crippen LogP contribution in [0.5, 0.6) is 0 Å². The highest BCUT2D eigenvalue weighted by molar-refractivity contribution is 6.09. The van der Waals surface area contributed by atoms with Crippen molar-refractivity contribution in [3.8, 4) is 0 Å². The van der Waals surface area contributed by atoms with Crippen molar-refractivity contribution in [1.82, 2.24) is 0 Å². The van der Waals surface area contributed by atoms with Crippen LogP contribution in [0, 0.1) is 0 Å². The quantitative estimate of drug-likeness (QED) is 0.601. The summed E-state index contributed by atoms with van der Waals surface area (Å²) in [5, 5.41) is 0. The second kappa shape index (κ2) is 2.25. The van der Waals surface area contributed by atoms with Gasteiger partial charge in [-0.1, -0.05) is 18.2 Å². The van der Waals surface area contributed by atoms with Crippen LogP contribution in [0.2, 0.25) is 0 Å². The van der Waals surface area contributed by atoms with Crippen molar-refractivity contribution in [2.45, 2.75) is 25.0 Å². The smallest absolute Gasteiger partial charge is 0.266 e. The molecule has 1 atom stereocenters. The number of carbonyl (C=O) groups is 1. The van der Waals surface area contributed by atoms with Gasteiger partial charge in [0.2, 0.25) is 5.60 Å². The molecule has 3 nitrogen and oxygen atoms in total. The van der Waals surface area contributed by atoms with Crippen LogP contribution in [-0.4, -0.2) is 18.6 Å². The molecular formula is C12H13NO2. The second-order valence-corrected chi connectivity index (χ2v) is 4.67. The number of carbonyl (C=O) groups excluding carboxylic acids is 1. The number of likely N-dealkylation sites (N-methyl/N-ethyl adjacent to an activating group) is 1. The molecule has 1 amide bonds. The van der Waals surface area contributed by atoms with E-state index in [9.17, 15) is 4.79 Å². The molecule has 3 rings (SSSR count). The first-order valence-electron chi connectivity index (χ1n) is 5.08. The number of hydrogen-bond donors (Lipinski definition) is 0. The van der Waals surface area contributed by atoms with Crippen molar-refractivity contribution < 1.29 is 9.53 Å². The SMILES string of the molecule is CN1C(=O)C2(OC2(C)C)c2ccccc21. The lowest BCUT2D eigenvalue weighted by Crippen LogP contribution is -2.33. The normalized spacial score (nSPS) is 30.9. The van der Waals surface area contributed by atoms with Gasteiger partial charge >= 0.3 is 0 Å². The molecule has 1 aromatic carbocycles. The fourth-order valence-corrected chi connectivity index (χ4v) is 2.56. The van der Waals surface area contributed by atoms with Crippen molar-refractivity contribution >= 4 is 11.6 Å². The molecule has 0 bridgehead atoms. The molecule has 78 valence electrons. The van der Waals surface area contributed by atoms with Crippen LogP contribution >= 0.6 is 0 Å². The Morgan fingerprint density at radius 1 is 1.27 bits per heavy atom. The predicted molar refractivity (Wildman–Crippen MR) is 56.7 cm³/mol. The third-order valence-electron chi connectivity index (χ3n) is 3.46. The number of ether oxygens (including phenoxy) is 1. The Kier molecular flexibility index (Phi) is 1.34. The fourth-order valence-electron chi connectivity index (χ4n) is 2.56. The van der Waals surface area contributed by atoms with Gasteiger partial charge in [0.15, 0.2) is 0 Å². The van der Waals surface area contributed by atoms with Gasteiger partial charge in [0.05, 0.1) is 5.69 Å². The number of para-hydroxylation sites is 1. The van der Waals surface area contributed by atoms with E-state index >= 15 is 0 Å². The Hall–Kier alpha value is -1.35. The first-order chi connectivity index (χ1) is 7.01. The van der Waals surface area contributed by atoms with Gasteiger partial charge < -0.3 is 9.64 Å². The average molecular weight is 203 g/mol. The van der Waals surface area contributed by atoms with Crippen molar-refractivity contribution in [2.75, 3.05) is 11.9 Å². The number of anilines is 1. The molecule has 1 aromatic rings. The van der Waals surface area contributed by atoms with Crippen LogP contribution in [0.1, 0.15) is 19.4 Å². The van der Waals surface area contributed by atoms with E-state index in [2.05, 4.69) is 0 Å². The van der Waals surface area contributed by atoms with Gasteiger partial charge in [-0.25, -0.2) is 0 Å². The van der Waals surface area contributed by atoms with Gasteiger partial charge in [0.25, 0.3) is 5.91 Å². The predicted octanol–water partition coefficient (Wildman–Crippen LogP) is 1.67. The van der Waals surface area contributed by atoms with Crippen LogP contribution in [0.25, 0.3) is 0 Å². The van der Waals surface area contributed by atoms with Gasteiger partial charge in [-0.3, -0.25) is 4.79 Å². The van der Waals surface area contributed by atoms with E-state index in [1.165, 1.54) is 0 Å². The standard InChI is InChI=1S/C12H13NO2/c1-11(2)12(15-11)8-6-4-5-7-9(8)13(3)10(12)14/h4-7H,1-3H3. The van der Waals surface area contributed by atoms with Gasteiger partial charge in [-0.2, -0.15) is 0 Å². The molecule has 3 heteroatoms. The van der Waals surface area contributed by atoms with Gasteiger partial charge in [0.1, 0.15) is 5.60 Å². The number of benzene rings is 1. The van der Waals surface area contributed by atoms with Crippen molar-refractivity contribution in [3.05, 3.63) is 29.8 Å². The van der Waals surface area contributed by atoms with E-state index in [4.69, 9.17) is 4.74 Å². The highest BCUT2D eigenvalue weighted by atomic mass is 16.6. The lowest BCUT2D eigenvalue weighted by Gasteiger charge is -2.09. The molecule has 0 radical (unpaired) electrons. The summed E-state index contributed by atoms with van der Waals surface area (Å²) >= 11 is 0. The lowest BCUT2D eigenvalue weighted by molar-refractivity contribution is -0.122. The van der Waals surface area contributed by atoms with Crippen LogP contribution in [0.4, 0.5) is 5.69 Å². The van der Waals surface area contributed by atoms with Gasteiger partial charge in [-0.05, 0) is 19.9 Å². The minimum absolute atomic E-state index is 0.0497. The van der Waals surface area contributed by atoms with Crippen LogP contribution in [-0.2, 0) is 15.1 Å². The second-order valence-electron chi connectivity index (χ2n) is 4.67. The molecule has 0 N–H and O–H groups in total. The van der Waals surface area contributed by atoms with Crippen molar-refractivity contribution in [2.24, 2.45) is 0 Å². The molecule has 0 aliphatic carbocycles. The molecule has 1 spiro atoms. The van der Waals surface area contributed by atoms with E-state index in [0.717, 1.165) is 11.3 Å². The third-order valence-corrected chi connectivity index (χ3v) is 3.46. The van der Waals surface area contributed by atoms with E-state index in [-0.39, 0.29) is 11.5 Å². The molecule has 2 aliphatic heterocycles. The molecule has 2 heterocycles. The monoisotopic (exact) mass is 203 g/mol. The topological polar surface area (TPSA) is 32.8 Å². The summed E-state index contributed by atoms with van der Waals surface area (Å²) in [5.41, 5.74) is 0.888. The highest BCUT2D eigenvalue weighted by Crippen LogP contribution is 2.61. The Morgan fingerprint density at radius 2 is 1.87 bits per heavy atom. The summed E-state index contributed by atoms with van der Waals surface area (Å²) in [4.78, 5) is 13.8. The molecule has 15 heavy (non-hydrogen) atoms. The molecule has 1 unspecified atom stereocenters. The number of rotatable bonds is 0. The van der Waals surface area contributed by atoms with Crippen LogP contribution in [0.15, 0.2) is 24.3 Å². The third kappa shape index (κ3) is 0.789. The molecule has 0 aromatic heterocycles. The van der Waals surface area contributed by atoms with Crippen molar-refractivity contribution in [1.29, 1.82) is 0 Å². The Balaban J connectivity index is 2.26. The number of hydrogen-bond acceptors (Lipinski definition) is 2. The zero-order valence-electron chi connectivity index (χ0n) is 9.07. The molecular weight excluding hydrogens is 190 g/mol. The average Bonchev–Trinajstić information content (AvgIpc) is 2.74. The molecule has 0 saturated carbocycles. The molecule has 2 aliphatic rings. The minimum Gasteiger partial charge on any atom is -0.347 e.